The minimum atomic E-state index is -1.29. The van der Waals surface area contributed by atoms with Crippen molar-refractivity contribution in [1.82, 2.24) is 5.32 Å². The largest absolute Gasteiger partial charge is 0.494 e. The quantitative estimate of drug-likeness (QED) is 0.278. The van der Waals surface area contributed by atoms with E-state index in [2.05, 4.69) is 5.32 Å². The molecule has 0 bridgehead atoms. The van der Waals surface area contributed by atoms with E-state index in [-0.39, 0.29) is 18.9 Å². The Morgan fingerprint density at radius 3 is 2.47 bits per heavy atom. The summed E-state index contributed by atoms with van der Waals surface area (Å²) in [6.07, 6.45) is -1.23. The SMILES string of the molecule is CS[C@H]1O[C@@H](c2ccc(C)c(Cc3ccc(OCCCC(=O)NCC(N)=O)cc3)c2)[C@H](O)[C@@H](O)[C@@H]1O. The smallest absolute Gasteiger partial charge is 0.236 e. The zero-order chi connectivity index (χ0) is 26.2. The fourth-order valence-electron chi connectivity index (χ4n) is 4.00. The molecule has 0 radical (unpaired) electrons. The van der Waals surface area contributed by atoms with E-state index in [1.807, 2.05) is 49.4 Å². The number of amides is 2. The van der Waals surface area contributed by atoms with Gasteiger partial charge in [0.2, 0.25) is 11.8 Å². The minimum absolute atomic E-state index is 0.165. The van der Waals surface area contributed by atoms with Gasteiger partial charge in [-0.05, 0) is 60.4 Å². The molecule has 1 heterocycles. The standard InChI is InChI=1S/C26H34N2O7S/c1-15-5-8-17(25-23(32)22(31)24(33)26(35-25)36-2)13-18(15)12-16-6-9-19(10-7-16)34-11-3-4-21(30)28-14-20(27)29/h5-10,13,22-26,31-33H,3-4,11-12,14H2,1-2H3,(H2,27,29)(H,28,30)/t22-,23-,24+,25+,26-/m1/s1. The topological polar surface area (TPSA) is 151 Å². The number of hydrogen-bond donors (Lipinski definition) is 5. The van der Waals surface area contributed by atoms with Crippen LogP contribution in [-0.4, -0.2) is 70.3 Å². The Balaban J connectivity index is 1.57. The van der Waals surface area contributed by atoms with Gasteiger partial charge in [-0.15, -0.1) is 11.8 Å². The van der Waals surface area contributed by atoms with E-state index in [1.54, 1.807) is 6.26 Å². The zero-order valence-corrected chi connectivity index (χ0v) is 21.2. The first-order valence-corrected chi connectivity index (χ1v) is 13.1. The molecule has 9 nitrogen and oxygen atoms in total. The van der Waals surface area contributed by atoms with Crippen LogP contribution >= 0.6 is 11.8 Å². The second-order valence-corrected chi connectivity index (χ2v) is 9.77. The summed E-state index contributed by atoms with van der Waals surface area (Å²) in [7, 11) is 0. The van der Waals surface area contributed by atoms with Gasteiger partial charge in [0.1, 0.15) is 35.6 Å². The summed E-state index contributed by atoms with van der Waals surface area (Å²) in [6, 6.07) is 13.5. The van der Waals surface area contributed by atoms with E-state index in [9.17, 15) is 24.9 Å². The van der Waals surface area contributed by atoms with Gasteiger partial charge < -0.3 is 35.8 Å². The van der Waals surface area contributed by atoms with Crippen molar-refractivity contribution in [2.75, 3.05) is 19.4 Å². The number of ether oxygens (including phenoxy) is 2. The summed E-state index contributed by atoms with van der Waals surface area (Å²) in [5, 5.41) is 33.4. The van der Waals surface area contributed by atoms with E-state index in [0.29, 0.717) is 25.2 Å². The summed E-state index contributed by atoms with van der Waals surface area (Å²) < 4.78 is 11.6. The van der Waals surface area contributed by atoms with Gasteiger partial charge in [0.15, 0.2) is 0 Å². The molecule has 1 aliphatic rings. The molecule has 0 spiro atoms. The average molecular weight is 519 g/mol. The molecule has 0 unspecified atom stereocenters. The van der Waals surface area contributed by atoms with Gasteiger partial charge in [-0.25, -0.2) is 0 Å². The third-order valence-electron chi connectivity index (χ3n) is 6.10. The van der Waals surface area contributed by atoms with Crippen molar-refractivity contribution < 1.29 is 34.4 Å². The average Bonchev–Trinajstić information content (AvgIpc) is 2.86. The molecule has 1 saturated heterocycles. The second kappa shape index (κ2) is 13.1. The molecule has 10 heteroatoms. The number of nitrogens with one attached hydrogen (secondary N) is 1. The van der Waals surface area contributed by atoms with Gasteiger partial charge in [-0.1, -0.05) is 30.3 Å². The van der Waals surface area contributed by atoms with Crippen molar-refractivity contribution in [2.45, 2.75) is 56.0 Å². The summed E-state index contributed by atoms with van der Waals surface area (Å²) >= 11 is 1.29. The number of aryl methyl sites for hydroxylation is 1. The predicted octanol–water partition coefficient (Wildman–Crippen LogP) is 1.19. The van der Waals surface area contributed by atoms with Gasteiger partial charge in [0.05, 0.1) is 13.2 Å². The van der Waals surface area contributed by atoms with Crippen molar-refractivity contribution in [3.63, 3.8) is 0 Å². The first-order chi connectivity index (χ1) is 17.2. The number of carbonyl (C=O) groups excluding carboxylic acids is 2. The van der Waals surface area contributed by atoms with E-state index in [4.69, 9.17) is 15.2 Å². The summed E-state index contributed by atoms with van der Waals surface area (Å²) in [6.45, 7) is 2.21. The van der Waals surface area contributed by atoms with Crippen molar-refractivity contribution >= 4 is 23.6 Å². The van der Waals surface area contributed by atoms with Crippen LogP contribution in [0.3, 0.4) is 0 Å². The number of thioether (sulfide) groups is 1. The van der Waals surface area contributed by atoms with Crippen LogP contribution in [0.4, 0.5) is 0 Å². The van der Waals surface area contributed by atoms with Crippen molar-refractivity contribution in [3.05, 3.63) is 64.7 Å². The number of nitrogens with two attached hydrogens (primary N) is 1. The second-order valence-electron chi connectivity index (χ2n) is 8.83. The van der Waals surface area contributed by atoms with Gasteiger partial charge in [0.25, 0.3) is 0 Å². The number of benzene rings is 2. The van der Waals surface area contributed by atoms with Gasteiger partial charge >= 0.3 is 0 Å². The summed E-state index contributed by atoms with van der Waals surface area (Å²) in [5.74, 6) is -0.133. The molecule has 2 aromatic carbocycles. The number of carbonyl (C=O) groups is 2. The van der Waals surface area contributed by atoms with Crippen molar-refractivity contribution in [2.24, 2.45) is 5.73 Å². The van der Waals surface area contributed by atoms with Crippen LogP contribution in [0.15, 0.2) is 42.5 Å². The lowest BCUT2D eigenvalue weighted by molar-refractivity contribution is -0.200. The van der Waals surface area contributed by atoms with Crippen LogP contribution in [-0.2, 0) is 20.7 Å². The van der Waals surface area contributed by atoms with Crippen molar-refractivity contribution in [1.29, 1.82) is 0 Å². The normalized spacial score (nSPS) is 23.8. The van der Waals surface area contributed by atoms with E-state index >= 15 is 0 Å². The molecular weight excluding hydrogens is 484 g/mol. The molecule has 2 amide bonds. The Kier molecular flexibility index (Phi) is 10.1. The zero-order valence-electron chi connectivity index (χ0n) is 20.4. The van der Waals surface area contributed by atoms with E-state index in [1.165, 1.54) is 11.8 Å². The summed E-state index contributed by atoms with van der Waals surface area (Å²) in [4.78, 5) is 22.3. The highest BCUT2D eigenvalue weighted by Gasteiger charge is 2.44. The number of aliphatic hydroxyl groups excluding tert-OH is 3. The molecule has 0 aromatic heterocycles. The molecule has 2 aromatic rings. The lowest BCUT2D eigenvalue weighted by Gasteiger charge is -2.40. The lowest BCUT2D eigenvalue weighted by Crippen LogP contribution is -2.52. The number of primary amides is 1. The van der Waals surface area contributed by atoms with Crippen LogP contribution in [0.2, 0.25) is 0 Å². The molecule has 36 heavy (non-hydrogen) atoms. The van der Waals surface area contributed by atoms with E-state index < -0.39 is 35.8 Å². The number of rotatable bonds is 11. The Morgan fingerprint density at radius 2 is 1.81 bits per heavy atom. The Morgan fingerprint density at radius 1 is 1.08 bits per heavy atom. The fourth-order valence-corrected chi connectivity index (χ4v) is 4.67. The molecule has 6 N–H and O–H groups in total. The van der Waals surface area contributed by atoms with Crippen LogP contribution in [0, 0.1) is 6.92 Å². The predicted molar refractivity (Wildman–Crippen MR) is 137 cm³/mol. The van der Waals surface area contributed by atoms with Gasteiger partial charge in [0, 0.05) is 6.42 Å². The maximum absolute atomic E-state index is 11.6. The minimum Gasteiger partial charge on any atom is -0.494 e. The molecule has 3 rings (SSSR count). The molecule has 1 aliphatic heterocycles. The number of hydrogen-bond acceptors (Lipinski definition) is 8. The molecule has 0 aliphatic carbocycles. The molecule has 1 fully saturated rings. The van der Waals surface area contributed by atoms with Crippen molar-refractivity contribution in [3.8, 4) is 5.75 Å². The molecule has 196 valence electrons. The maximum Gasteiger partial charge on any atom is 0.236 e. The monoisotopic (exact) mass is 518 g/mol. The highest BCUT2D eigenvalue weighted by atomic mass is 32.2. The molecule has 0 saturated carbocycles. The fraction of sp³-hybridized carbons (Fsp3) is 0.462. The Bertz CT molecular complexity index is 1030. The van der Waals surface area contributed by atoms with Gasteiger partial charge in [-0.2, -0.15) is 0 Å². The third-order valence-corrected chi connectivity index (χ3v) is 6.95. The molecule has 5 atom stereocenters. The summed E-state index contributed by atoms with van der Waals surface area (Å²) in [5.41, 5.74) is 8.31. The first kappa shape index (κ1) is 27.9. The van der Waals surface area contributed by atoms with Crippen LogP contribution in [0.25, 0.3) is 0 Å². The third kappa shape index (κ3) is 7.44. The lowest BCUT2D eigenvalue weighted by atomic mass is 9.91. The van der Waals surface area contributed by atoms with Crippen LogP contribution < -0.4 is 15.8 Å². The molecular formula is C26H34N2O7S. The van der Waals surface area contributed by atoms with Crippen LogP contribution in [0.1, 0.15) is 41.2 Å². The Labute approximate surface area is 215 Å². The maximum atomic E-state index is 11.6. The van der Waals surface area contributed by atoms with E-state index in [0.717, 1.165) is 22.3 Å². The Hall–Kier alpha value is -2.63. The van der Waals surface area contributed by atoms with Gasteiger partial charge in [-0.3, -0.25) is 9.59 Å². The van der Waals surface area contributed by atoms with Crippen LogP contribution in [0.5, 0.6) is 5.75 Å². The number of aliphatic hydroxyl groups is 3. The highest BCUT2D eigenvalue weighted by Crippen LogP contribution is 2.36. The highest BCUT2D eigenvalue weighted by molar-refractivity contribution is 7.99. The first-order valence-electron chi connectivity index (χ1n) is 11.8.